The van der Waals surface area contributed by atoms with Gasteiger partial charge in [-0.2, -0.15) is 0 Å². The molecule has 3 heteroatoms. The molecule has 2 unspecified atom stereocenters. The molecule has 106 valence electrons. The summed E-state index contributed by atoms with van der Waals surface area (Å²) in [4.78, 5) is 6.37. The summed E-state index contributed by atoms with van der Waals surface area (Å²) in [7, 11) is 2.14. The van der Waals surface area contributed by atoms with Crippen LogP contribution in [-0.4, -0.2) is 40.7 Å². The van der Waals surface area contributed by atoms with Crippen LogP contribution in [0, 0.1) is 5.41 Å². The molecule has 1 fully saturated rings. The number of nitrogens with zero attached hydrogens (tertiary/aromatic N) is 2. The van der Waals surface area contributed by atoms with E-state index in [1.165, 1.54) is 5.56 Å². The second-order valence-electron chi connectivity index (χ2n) is 6.63. The smallest absolute Gasteiger partial charge is 0.0695 e. The molecule has 0 aromatic carbocycles. The van der Waals surface area contributed by atoms with E-state index < -0.39 is 0 Å². The van der Waals surface area contributed by atoms with Crippen LogP contribution in [-0.2, 0) is 6.42 Å². The molecule has 0 amide bonds. The van der Waals surface area contributed by atoms with Crippen LogP contribution in [0.4, 0.5) is 0 Å². The van der Waals surface area contributed by atoms with Crippen molar-refractivity contribution in [3.63, 3.8) is 0 Å². The van der Waals surface area contributed by atoms with Gasteiger partial charge in [0, 0.05) is 25.0 Å². The van der Waals surface area contributed by atoms with Gasteiger partial charge in [-0.3, -0.25) is 4.98 Å². The number of pyridine rings is 1. The van der Waals surface area contributed by atoms with Crippen LogP contribution < -0.4 is 0 Å². The number of rotatable bonds is 4. The van der Waals surface area contributed by atoms with Crippen molar-refractivity contribution < 1.29 is 5.11 Å². The molecule has 0 saturated heterocycles. The van der Waals surface area contributed by atoms with E-state index in [0.29, 0.717) is 11.5 Å². The fourth-order valence-corrected chi connectivity index (χ4v) is 3.01. The first kappa shape index (κ1) is 14.5. The normalized spacial score (nSPS) is 26.6. The van der Waals surface area contributed by atoms with Gasteiger partial charge < -0.3 is 10.0 Å². The minimum atomic E-state index is -0.171. The zero-order valence-corrected chi connectivity index (χ0v) is 12.3. The molecule has 1 aromatic heterocycles. The third kappa shape index (κ3) is 4.02. The van der Waals surface area contributed by atoms with Crippen LogP contribution >= 0.6 is 0 Å². The average Bonchev–Trinajstić information content (AvgIpc) is 2.40. The van der Waals surface area contributed by atoms with Crippen LogP contribution in [0.2, 0.25) is 0 Å². The van der Waals surface area contributed by atoms with Crippen molar-refractivity contribution in [2.45, 2.75) is 51.7 Å². The van der Waals surface area contributed by atoms with Gasteiger partial charge in [0.05, 0.1) is 6.10 Å². The summed E-state index contributed by atoms with van der Waals surface area (Å²) in [6.45, 7) is 5.60. The van der Waals surface area contributed by atoms with Crippen molar-refractivity contribution in [3.05, 3.63) is 30.1 Å². The summed E-state index contributed by atoms with van der Waals surface area (Å²) in [5.74, 6) is 0. The maximum absolute atomic E-state index is 10.2. The molecular formula is C16H26N2O. The van der Waals surface area contributed by atoms with Gasteiger partial charge in [0.1, 0.15) is 0 Å². The summed E-state index contributed by atoms with van der Waals surface area (Å²) >= 11 is 0. The van der Waals surface area contributed by atoms with Crippen molar-refractivity contribution in [1.82, 2.24) is 9.88 Å². The molecule has 0 bridgehead atoms. The fraction of sp³-hybridized carbons (Fsp3) is 0.688. The van der Waals surface area contributed by atoms with E-state index in [1.54, 1.807) is 0 Å². The summed E-state index contributed by atoms with van der Waals surface area (Å²) in [6, 6.07) is 4.43. The molecule has 1 saturated carbocycles. The van der Waals surface area contributed by atoms with Gasteiger partial charge >= 0.3 is 0 Å². The first-order chi connectivity index (χ1) is 8.98. The largest absolute Gasteiger partial charge is 0.391 e. The zero-order valence-electron chi connectivity index (χ0n) is 12.3. The lowest BCUT2D eigenvalue weighted by Crippen LogP contribution is -2.48. The lowest BCUT2D eigenvalue weighted by atomic mass is 9.73. The van der Waals surface area contributed by atoms with Gasteiger partial charge in [0.2, 0.25) is 0 Å². The Hall–Kier alpha value is -0.930. The average molecular weight is 262 g/mol. The Bertz CT molecular complexity index is 391. The number of aliphatic hydroxyl groups excluding tert-OH is 1. The molecule has 3 nitrogen and oxygen atoms in total. The summed E-state index contributed by atoms with van der Waals surface area (Å²) in [6.07, 6.45) is 7.67. The monoisotopic (exact) mass is 262 g/mol. The highest BCUT2D eigenvalue weighted by atomic mass is 16.3. The third-order valence-corrected chi connectivity index (χ3v) is 4.39. The highest BCUT2D eigenvalue weighted by Crippen LogP contribution is 2.37. The lowest BCUT2D eigenvalue weighted by Gasteiger charge is -2.42. The summed E-state index contributed by atoms with van der Waals surface area (Å²) in [5, 5.41) is 10.2. The van der Waals surface area contributed by atoms with Crippen molar-refractivity contribution in [2.75, 3.05) is 13.6 Å². The van der Waals surface area contributed by atoms with E-state index in [2.05, 4.69) is 42.9 Å². The number of aromatic nitrogens is 1. The number of hydrogen-bond acceptors (Lipinski definition) is 3. The molecule has 0 spiro atoms. The van der Waals surface area contributed by atoms with E-state index in [1.807, 2.05) is 12.4 Å². The van der Waals surface area contributed by atoms with E-state index in [0.717, 1.165) is 32.2 Å². The Morgan fingerprint density at radius 1 is 1.37 bits per heavy atom. The number of likely N-dealkylation sites (N-methyl/N-ethyl adjacent to an activating group) is 1. The minimum absolute atomic E-state index is 0.171. The standard InChI is InChI=1S/C16H26N2O/c1-16(2)8-4-15(19)14(12-16)18(3)11-7-13-5-9-17-10-6-13/h5-6,9-10,14-15,19H,4,7-8,11-12H2,1-3H3. The van der Waals surface area contributed by atoms with Gasteiger partial charge in [-0.05, 0) is 55.8 Å². The van der Waals surface area contributed by atoms with Crippen LogP contribution in [0.3, 0.4) is 0 Å². The molecule has 1 aromatic rings. The topological polar surface area (TPSA) is 36.4 Å². The van der Waals surface area contributed by atoms with E-state index >= 15 is 0 Å². The molecule has 2 atom stereocenters. The van der Waals surface area contributed by atoms with E-state index in [-0.39, 0.29) is 6.10 Å². The Balaban J connectivity index is 1.90. The van der Waals surface area contributed by atoms with Crippen LogP contribution in [0.15, 0.2) is 24.5 Å². The van der Waals surface area contributed by atoms with E-state index in [4.69, 9.17) is 0 Å². The van der Waals surface area contributed by atoms with Gasteiger partial charge in [-0.15, -0.1) is 0 Å². The second-order valence-corrected chi connectivity index (χ2v) is 6.63. The quantitative estimate of drug-likeness (QED) is 0.905. The highest BCUT2D eigenvalue weighted by molar-refractivity contribution is 5.10. The van der Waals surface area contributed by atoms with Gasteiger partial charge in [0.25, 0.3) is 0 Å². The molecule has 1 aliphatic carbocycles. The highest BCUT2D eigenvalue weighted by Gasteiger charge is 2.35. The SMILES string of the molecule is CN(CCc1ccncc1)C1CC(C)(C)CCC1O. The van der Waals surface area contributed by atoms with Crippen molar-refractivity contribution in [3.8, 4) is 0 Å². The third-order valence-electron chi connectivity index (χ3n) is 4.39. The number of aliphatic hydroxyl groups is 1. The molecule has 0 radical (unpaired) electrons. The van der Waals surface area contributed by atoms with Crippen molar-refractivity contribution in [2.24, 2.45) is 5.41 Å². The van der Waals surface area contributed by atoms with Gasteiger partial charge in [-0.1, -0.05) is 13.8 Å². The predicted molar refractivity (Wildman–Crippen MR) is 78.0 cm³/mol. The molecular weight excluding hydrogens is 236 g/mol. The first-order valence-corrected chi connectivity index (χ1v) is 7.25. The lowest BCUT2D eigenvalue weighted by molar-refractivity contribution is -0.00682. The van der Waals surface area contributed by atoms with Crippen molar-refractivity contribution >= 4 is 0 Å². The molecule has 0 aliphatic heterocycles. The second kappa shape index (κ2) is 6.02. The molecule has 19 heavy (non-hydrogen) atoms. The molecule has 2 rings (SSSR count). The Kier molecular flexibility index (Phi) is 4.58. The van der Waals surface area contributed by atoms with Crippen LogP contribution in [0.1, 0.15) is 38.7 Å². The predicted octanol–water partition coefficient (Wildman–Crippen LogP) is 2.50. The zero-order chi connectivity index (χ0) is 13.9. The minimum Gasteiger partial charge on any atom is -0.391 e. The molecule has 1 aliphatic rings. The van der Waals surface area contributed by atoms with Crippen LogP contribution in [0.5, 0.6) is 0 Å². The van der Waals surface area contributed by atoms with Crippen LogP contribution in [0.25, 0.3) is 0 Å². The maximum atomic E-state index is 10.2. The Morgan fingerprint density at radius 2 is 2.05 bits per heavy atom. The molecule has 1 N–H and O–H groups in total. The van der Waals surface area contributed by atoms with Crippen molar-refractivity contribution in [1.29, 1.82) is 0 Å². The Morgan fingerprint density at radius 3 is 2.74 bits per heavy atom. The summed E-state index contributed by atoms with van der Waals surface area (Å²) in [5.41, 5.74) is 1.67. The van der Waals surface area contributed by atoms with Gasteiger partial charge in [-0.25, -0.2) is 0 Å². The van der Waals surface area contributed by atoms with E-state index in [9.17, 15) is 5.11 Å². The molecule has 1 heterocycles. The Labute approximate surface area is 116 Å². The summed E-state index contributed by atoms with van der Waals surface area (Å²) < 4.78 is 0. The fourth-order valence-electron chi connectivity index (χ4n) is 3.01. The van der Waals surface area contributed by atoms with Gasteiger partial charge in [0.15, 0.2) is 0 Å². The first-order valence-electron chi connectivity index (χ1n) is 7.25. The number of hydrogen-bond donors (Lipinski definition) is 1. The maximum Gasteiger partial charge on any atom is 0.0695 e.